The summed E-state index contributed by atoms with van der Waals surface area (Å²) in [6, 6.07) is 7.45. The molecular weight excluding hydrogens is 735 g/mol. The molecule has 6 heterocycles. The molecule has 2 aliphatic heterocycles. The lowest BCUT2D eigenvalue weighted by Gasteiger charge is -2.34. The molecule has 0 unspecified atom stereocenters. The average molecular weight is 782 g/mol. The Labute approximate surface area is 329 Å². The Balaban J connectivity index is 1.03. The molecule has 3 atom stereocenters. The Morgan fingerprint density at radius 2 is 1.53 bits per heavy atom. The second kappa shape index (κ2) is 15.5. The van der Waals surface area contributed by atoms with Crippen LogP contribution in [0.4, 0.5) is 9.59 Å². The summed E-state index contributed by atoms with van der Waals surface area (Å²) in [5.41, 5.74) is 5.28. The number of carbonyl (C=O) groups excluding carboxylic acids is 3. The van der Waals surface area contributed by atoms with E-state index in [9.17, 15) is 14.4 Å². The van der Waals surface area contributed by atoms with Gasteiger partial charge in [-0.05, 0) is 69.4 Å². The highest BCUT2D eigenvalue weighted by Crippen LogP contribution is 2.41. The first-order valence-corrected chi connectivity index (χ1v) is 20.4. The summed E-state index contributed by atoms with van der Waals surface area (Å²) in [5, 5.41) is 4.29. The fraction of sp³-hybridized carbons (Fsp3) is 0.439. The van der Waals surface area contributed by atoms with Gasteiger partial charge in [-0.25, -0.2) is 19.6 Å². The fourth-order valence-corrected chi connectivity index (χ4v) is 9.84. The summed E-state index contributed by atoms with van der Waals surface area (Å²) in [6.45, 7) is 10.7. The molecule has 1 aromatic carbocycles. The van der Waals surface area contributed by atoms with Gasteiger partial charge in [-0.1, -0.05) is 44.0 Å². The van der Waals surface area contributed by atoms with Crippen molar-refractivity contribution in [1.29, 1.82) is 0 Å². The molecule has 288 valence electrons. The number of benzene rings is 1. The first kappa shape index (κ1) is 38.2. The average Bonchev–Trinajstić information content (AvgIpc) is 3.99. The van der Waals surface area contributed by atoms with Crippen LogP contribution in [-0.4, -0.2) is 91.6 Å². The quantitative estimate of drug-likeness (QED) is 0.158. The lowest BCUT2D eigenvalue weighted by atomic mass is 10.0. The van der Waals surface area contributed by atoms with Gasteiger partial charge in [-0.15, -0.1) is 22.7 Å². The van der Waals surface area contributed by atoms with E-state index in [1.165, 1.54) is 22.3 Å². The third-order valence-corrected chi connectivity index (χ3v) is 12.3. The van der Waals surface area contributed by atoms with Crippen molar-refractivity contribution in [1.82, 2.24) is 34.6 Å². The third kappa shape index (κ3) is 7.86. The molecule has 0 aliphatic carbocycles. The number of imidazole rings is 2. The largest absolute Gasteiger partial charge is 0.453 e. The van der Waals surface area contributed by atoms with E-state index in [4.69, 9.17) is 14.5 Å². The first-order valence-electron chi connectivity index (χ1n) is 18.6. The van der Waals surface area contributed by atoms with Crippen molar-refractivity contribution in [2.24, 2.45) is 5.92 Å². The lowest BCUT2D eigenvalue weighted by Crippen LogP contribution is -2.51. The molecule has 2 fully saturated rings. The number of H-pyrrole nitrogens is 2. The van der Waals surface area contributed by atoms with Crippen LogP contribution in [0.3, 0.4) is 0 Å². The number of hydrogen-bond donors (Lipinski definition) is 2. The molecule has 2 aliphatic rings. The van der Waals surface area contributed by atoms with Gasteiger partial charge < -0.3 is 24.3 Å². The second-order valence-corrected chi connectivity index (χ2v) is 17.2. The van der Waals surface area contributed by atoms with E-state index in [0.717, 1.165) is 64.4 Å². The molecule has 7 rings (SSSR count). The smallest absolute Gasteiger partial charge is 0.410 e. The Bertz CT molecular complexity index is 2250. The predicted molar refractivity (Wildman–Crippen MR) is 215 cm³/mol. The van der Waals surface area contributed by atoms with Crippen molar-refractivity contribution in [3.05, 3.63) is 70.3 Å². The zero-order valence-electron chi connectivity index (χ0n) is 32.3. The molecule has 2 saturated heterocycles. The molecule has 12 nitrogen and oxygen atoms in total. The Kier molecular flexibility index (Phi) is 10.8. The van der Waals surface area contributed by atoms with Gasteiger partial charge in [-0.3, -0.25) is 14.6 Å². The van der Waals surface area contributed by atoms with E-state index in [-0.39, 0.29) is 30.0 Å². The number of nitrogens with one attached hydrogen (secondary N) is 2. The van der Waals surface area contributed by atoms with Gasteiger partial charge in [0, 0.05) is 36.5 Å². The number of nitrogens with zero attached hydrogens (tertiary/aromatic N) is 5. The monoisotopic (exact) mass is 781 g/mol. The molecule has 14 heteroatoms. The zero-order chi connectivity index (χ0) is 39.0. The van der Waals surface area contributed by atoms with Crippen molar-refractivity contribution in [2.75, 3.05) is 27.2 Å². The highest BCUT2D eigenvalue weighted by atomic mass is 32.1. The number of rotatable bonds is 7. The molecule has 55 heavy (non-hydrogen) atoms. The number of ether oxygens (including phenoxy) is 2. The summed E-state index contributed by atoms with van der Waals surface area (Å²) < 4.78 is 12.9. The standard InChI is InChI=1S/C41H47N7O5S2/c1-24(2)33(46(6)39(50)52-7)38(49)47-18-8-10-31(47)37-43-21-30(45-37)26-14-12-25(13-15-26)29-23-55-34-27(22-54-35(29)34)16-17-28-20-42-36(44-28)32-11-9-19-48(32)40(51)53-41(3,4)5/h12-15,20-24,31-33H,8-11,18-19H2,1-7H3,(H,42,44)(H,43,45)/t31-,32-,33-/m0/s1. The minimum absolute atomic E-state index is 0.0832. The number of aromatic nitrogens is 4. The molecule has 2 N–H and O–H groups in total. The van der Waals surface area contributed by atoms with Crippen LogP contribution in [0.2, 0.25) is 0 Å². The number of methoxy groups -OCH3 is 1. The zero-order valence-corrected chi connectivity index (χ0v) is 33.9. The van der Waals surface area contributed by atoms with Gasteiger partial charge >= 0.3 is 12.2 Å². The summed E-state index contributed by atoms with van der Waals surface area (Å²) in [6.07, 6.45) is 6.09. The number of thiophene rings is 2. The molecular formula is C41H47N7O5S2. The maximum Gasteiger partial charge on any atom is 0.410 e. The van der Waals surface area contributed by atoms with Gasteiger partial charge in [0.05, 0.1) is 52.2 Å². The highest BCUT2D eigenvalue weighted by Gasteiger charge is 2.40. The molecule has 4 aromatic heterocycles. The van der Waals surface area contributed by atoms with E-state index in [1.54, 1.807) is 40.8 Å². The summed E-state index contributed by atoms with van der Waals surface area (Å²) in [5.74, 6) is 7.89. The van der Waals surface area contributed by atoms with Crippen LogP contribution < -0.4 is 0 Å². The number of aromatic amines is 2. The molecule has 0 spiro atoms. The van der Waals surface area contributed by atoms with Gasteiger partial charge in [0.25, 0.3) is 0 Å². The molecule has 0 bridgehead atoms. The molecule has 0 saturated carbocycles. The highest BCUT2D eigenvalue weighted by molar-refractivity contribution is 7.27. The van der Waals surface area contributed by atoms with Crippen molar-refractivity contribution >= 4 is 50.2 Å². The number of hydrogen-bond acceptors (Lipinski definition) is 9. The Morgan fingerprint density at radius 3 is 2.22 bits per heavy atom. The fourth-order valence-electron chi connectivity index (χ4n) is 7.52. The van der Waals surface area contributed by atoms with Crippen LogP contribution in [0.25, 0.3) is 31.8 Å². The molecule has 0 radical (unpaired) electrons. The maximum atomic E-state index is 13.8. The van der Waals surface area contributed by atoms with Gasteiger partial charge in [0.1, 0.15) is 29.0 Å². The third-order valence-electron chi connectivity index (χ3n) is 10.1. The molecule has 5 aromatic rings. The van der Waals surface area contributed by atoms with Crippen molar-refractivity contribution < 1.29 is 23.9 Å². The van der Waals surface area contributed by atoms with E-state index in [0.29, 0.717) is 18.8 Å². The topological polar surface area (TPSA) is 137 Å². The van der Waals surface area contributed by atoms with Crippen LogP contribution >= 0.6 is 22.7 Å². The number of amides is 3. The van der Waals surface area contributed by atoms with Crippen LogP contribution in [-0.2, 0) is 14.3 Å². The number of likely N-dealkylation sites (tertiary alicyclic amines) is 2. The van der Waals surface area contributed by atoms with Crippen LogP contribution in [0.1, 0.15) is 95.3 Å². The van der Waals surface area contributed by atoms with Crippen LogP contribution in [0, 0.1) is 17.8 Å². The normalized spacial score (nSPS) is 17.7. The minimum Gasteiger partial charge on any atom is -0.453 e. The molecule has 3 amide bonds. The second-order valence-electron chi connectivity index (χ2n) is 15.4. The Morgan fingerprint density at radius 1 is 0.891 bits per heavy atom. The summed E-state index contributed by atoms with van der Waals surface area (Å²) in [4.78, 5) is 60.0. The Hall–Kier alpha value is -5.13. The van der Waals surface area contributed by atoms with E-state index in [2.05, 4.69) is 61.8 Å². The van der Waals surface area contributed by atoms with Gasteiger partial charge in [0.15, 0.2) is 0 Å². The van der Waals surface area contributed by atoms with E-state index < -0.39 is 17.7 Å². The first-order chi connectivity index (χ1) is 26.3. The van der Waals surface area contributed by atoms with Gasteiger partial charge in [-0.2, -0.15) is 0 Å². The minimum atomic E-state index is -0.628. The lowest BCUT2D eigenvalue weighted by molar-refractivity contribution is -0.138. The summed E-state index contributed by atoms with van der Waals surface area (Å²) >= 11 is 3.37. The summed E-state index contributed by atoms with van der Waals surface area (Å²) in [7, 11) is 2.94. The van der Waals surface area contributed by atoms with Crippen LogP contribution in [0.15, 0.2) is 47.4 Å². The number of carbonyl (C=O) groups is 3. The van der Waals surface area contributed by atoms with Crippen molar-refractivity contribution in [3.8, 4) is 34.2 Å². The SMILES string of the molecule is COC(=O)N(C)[C@H](C(=O)N1CCC[C@H]1c1ncc(-c2ccc(-c3csc4c(C#Cc5cnc([C@@H]6CCCN6C(=O)OC(C)(C)C)[nH]5)csc34)cc2)[nH]1)C(C)C. The number of fused-ring (bicyclic) bond motifs is 1. The van der Waals surface area contributed by atoms with Crippen molar-refractivity contribution in [2.45, 2.75) is 84.0 Å². The van der Waals surface area contributed by atoms with E-state index >= 15 is 0 Å². The van der Waals surface area contributed by atoms with E-state index in [1.807, 2.05) is 45.7 Å². The predicted octanol–water partition coefficient (Wildman–Crippen LogP) is 8.60. The number of likely N-dealkylation sites (N-methyl/N-ethyl adjacent to an activating group) is 1. The maximum absolute atomic E-state index is 13.8. The van der Waals surface area contributed by atoms with Crippen LogP contribution in [0.5, 0.6) is 0 Å². The van der Waals surface area contributed by atoms with Gasteiger partial charge in [0.2, 0.25) is 5.91 Å². The van der Waals surface area contributed by atoms with Crippen molar-refractivity contribution in [3.63, 3.8) is 0 Å².